The van der Waals surface area contributed by atoms with Crippen molar-refractivity contribution < 1.29 is 13.2 Å². The van der Waals surface area contributed by atoms with Gasteiger partial charge in [0.1, 0.15) is 12.0 Å². The summed E-state index contributed by atoms with van der Waals surface area (Å²) in [5.74, 6) is -0.590. The number of carbonyl (C=O) groups is 1. The summed E-state index contributed by atoms with van der Waals surface area (Å²) in [5, 5.41) is 0. The van der Waals surface area contributed by atoms with Crippen molar-refractivity contribution in [2.24, 2.45) is 10.1 Å². The summed E-state index contributed by atoms with van der Waals surface area (Å²) >= 11 is 3.25. The Kier molecular flexibility index (Phi) is 4.82. The maximum absolute atomic E-state index is 12.3. The molecule has 0 aliphatic carbocycles. The number of nitrogens with zero attached hydrogens (tertiary/aromatic N) is 2. The van der Waals surface area contributed by atoms with Gasteiger partial charge in [-0.2, -0.15) is 8.42 Å². The molecule has 1 aromatic carbocycles. The number of aryl methyl sites for hydroxylation is 1. The molecule has 0 bridgehead atoms. The molecule has 116 valence electrons. The highest BCUT2D eigenvalue weighted by molar-refractivity contribution is 9.10. The van der Waals surface area contributed by atoms with Crippen molar-refractivity contribution in [2.75, 3.05) is 0 Å². The lowest BCUT2D eigenvalue weighted by Crippen LogP contribution is -2.28. The number of benzene rings is 1. The predicted molar refractivity (Wildman–Crippen MR) is 85.3 cm³/mol. The van der Waals surface area contributed by atoms with Crippen molar-refractivity contribution in [3.63, 3.8) is 0 Å². The lowest BCUT2D eigenvalue weighted by atomic mass is 10.2. The maximum atomic E-state index is 12.3. The Morgan fingerprint density at radius 1 is 1.23 bits per heavy atom. The number of hydrogen-bond donors (Lipinski definition) is 1. The van der Waals surface area contributed by atoms with Gasteiger partial charge in [0.05, 0.1) is 4.90 Å². The molecule has 0 aliphatic rings. The van der Waals surface area contributed by atoms with Gasteiger partial charge in [-0.1, -0.05) is 17.7 Å². The average molecular weight is 384 g/mol. The number of carbonyl (C=O) groups excluding carboxylic acids is 1. The molecule has 2 aromatic rings. The first-order chi connectivity index (χ1) is 10.3. The second-order valence-electron chi connectivity index (χ2n) is 4.68. The zero-order valence-corrected chi connectivity index (χ0v) is 14.1. The van der Waals surface area contributed by atoms with Gasteiger partial charge in [-0.25, -0.2) is 0 Å². The van der Waals surface area contributed by atoms with E-state index in [0.29, 0.717) is 4.47 Å². The van der Waals surface area contributed by atoms with Crippen molar-refractivity contribution in [3.05, 3.63) is 58.1 Å². The van der Waals surface area contributed by atoms with Crippen LogP contribution in [0.5, 0.6) is 0 Å². The normalized spacial score (nSPS) is 12.4. The van der Waals surface area contributed by atoms with E-state index in [1.165, 1.54) is 22.8 Å². The van der Waals surface area contributed by atoms with Gasteiger partial charge >= 0.3 is 0 Å². The molecule has 1 heterocycles. The standard InChI is InChI=1S/C14H14BrN3O3S/c1-10-2-5-12(6-3-10)22(20,21)17-14-7-4-11(15)8-18(14)9-13(16)19/h2-8H,9H2,1H3,(H2,16,19). The Balaban J connectivity index is 2.56. The van der Waals surface area contributed by atoms with E-state index in [2.05, 4.69) is 20.3 Å². The van der Waals surface area contributed by atoms with Crippen LogP contribution >= 0.6 is 15.9 Å². The molecule has 0 saturated carbocycles. The number of rotatable bonds is 4. The van der Waals surface area contributed by atoms with Crippen LogP contribution in [-0.4, -0.2) is 18.9 Å². The molecule has 1 amide bonds. The van der Waals surface area contributed by atoms with Crippen LogP contribution in [0.15, 0.2) is 56.4 Å². The summed E-state index contributed by atoms with van der Waals surface area (Å²) in [4.78, 5) is 11.2. The SMILES string of the molecule is Cc1ccc(S(=O)(=O)N=c2ccc(Br)cn2CC(N)=O)cc1. The van der Waals surface area contributed by atoms with Gasteiger partial charge in [0.15, 0.2) is 0 Å². The molecule has 0 fully saturated rings. The van der Waals surface area contributed by atoms with Gasteiger partial charge < -0.3 is 10.3 Å². The van der Waals surface area contributed by atoms with Crippen LogP contribution < -0.4 is 11.2 Å². The molecule has 6 nitrogen and oxygen atoms in total. The van der Waals surface area contributed by atoms with E-state index in [9.17, 15) is 13.2 Å². The third kappa shape index (κ3) is 4.05. The van der Waals surface area contributed by atoms with Gasteiger partial charge in [0.25, 0.3) is 10.0 Å². The van der Waals surface area contributed by atoms with Crippen LogP contribution in [0.3, 0.4) is 0 Å². The fraction of sp³-hybridized carbons (Fsp3) is 0.143. The molecule has 0 spiro atoms. The zero-order valence-electron chi connectivity index (χ0n) is 11.7. The number of sulfonamides is 1. The quantitative estimate of drug-likeness (QED) is 0.862. The highest BCUT2D eigenvalue weighted by Crippen LogP contribution is 2.12. The minimum atomic E-state index is -3.86. The van der Waals surface area contributed by atoms with Crippen molar-refractivity contribution in [1.82, 2.24) is 4.57 Å². The number of hydrogen-bond acceptors (Lipinski definition) is 3. The Bertz CT molecular complexity index is 871. The third-order valence-corrected chi connectivity index (χ3v) is 4.59. The largest absolute Gasteiger partial charge is 0.368 e. The molecular formula is C14H14BrN3O3S. The summed E-state index contributed by atoms with van der Waals surface area (Å²) in [6, 6.07) is 9.51. The molecule has 22 heavy (non-hydrogen) atoms. The summed E-state index contributed by atoms with van der Waals surface area (Å²) in [5.41, 5.74) is 6.25. The van der Waals surface area contributed by atoms with Crippen LogP contribution in [0.1, 0.15) is 5.56 Å². The van der Waals surface area contributed by atoms with E-state index in [0.717, 1.165) is 5.56 Å². The first-order valence-electron chi connectivity index (χ1n) is 6.30. The summed E-state index contributed by atoms with van der Waals surface area (Å²) in [6.45, 7) is 1.70. The van der Waals surface area contributed by atoms with Crippen LogP contribution in [0.4, 0.5) is 0 Å². The van der Waals surface area contributed by atoms with Crippen molar-refractivity contribution in [3.8, 4) is 0 Å². The fourth-order valence-corrected chi connectivity index (χ4v) is 3.15. The van der Waals surface area contributed by atoms with E-state index in [1.54, 1.807) is 24.4 Å². The van der Waals surface area contributed by atoms with E-state index in [1.807, 2.05) is 6.92 Å². The van der Waals surface area contributed by atoms with Crippen molar-refractivity contribution >= 4 is 31.9 Å². The molecular weight excluding hydrogens is 370 g/mol. The smallest absolute Gasteiger partial charge is 0.284 e. The number of amides is 1. The molecule has 2 rings (SSSR count). The van der Waals surface area contributed by atoms with Crippen molar-refractivity contribution in [2.45, 2.75) is 18.4 Å². The molecule has 0 radical (unpaired) electrons. The number of pyridine rings is 1. The van der Waals surface area contributed by atoms with Crippen LogP contribution in [0, 0.1) is 6.92 Å². The second kappa shape index (κ2) is 6.45. The summed E-state index contributed by atoms with van der Waals surface area (Å²) < 4.78 is 30.5. The third-order valence-electron chi connectivity index (χ3n) is 2.82. The number of aromatic nitrogens is 1. The van der Waals surface area contributed by atoms with E-state index in [-0.39, 0.29) is 16.9 Å². The molecule has 2 N–H and O–H groups in total. The van der Waals surface area contributed by atoms with Crippen molar-refractivity contribution in [1.29, 1.82) is 0 Å². The first-order valence-corrected chi connectivity index (χ1v) is 8.53. The second-order valence-corrected chi connectivity index (χ2v) is 7.20. The van der Waals surface area contributed by atoms with Crippen LogP contribution in [-0.2, 0) is 21.4 Å². The number of halogens is 1. The zero-order chi connectivity index (χ0) is 16.3. The molecule has 0 aliphatic heterocycles. The molecule has 8 heteroatoms. The monoisotopic (exact) mass is 383 g/mol. The van der Waals surface area contributed by atoms with Gasteiger partial charge in [-0.15, -0.1) is 4.40 Å². The van der Waals surface area contributed by atoms with E-state index in [4.69, 9.17) is 5.73 Å². The number of nitrogens with two attached hydrogens (primary N) is 1. The Morgan fingerprint density at radius 3 is 2.45 bits per heavy atom. The molecule has 0 unspecified atom stereocenters. The Hall–Kier alpha value is -1.93. The van der Waals surface area contributed by atoms with Gasteiger partial charge in [-0.3, -0.25) is 4.79 Å². The summed E-state index contributed by atoms with van der Waals surface area (Å²) in [6.07, 6.45) is 1.55. The van der Waals surface area contributed by atoms with Gasteiger partial charge in [0, 0.05) is 10.7 Å². The van der Waals surface area contributed by atoms with E-state index < -0.39 is 15.9 Å². The van der Waals surface area contributed by atoms with Crippen LogP contribution in [0.25, 0.3) is 0 Å². The van der Waals surface area contributed by atoms with Gasteiger partial charge in [-0.05, 0) is 47.1 Å². The predicted octanol–water partition coefficient (Wildman–Crippen LogP) is 1.33. The van der Waals surface area contributed by atoms with Gasteiger partial charge in [0.2, 0.25) is 5.91 Å². The van der Waals surface area contributed by atoms with Crippen LogP contribution in [0.2, 0.25) is 0 Å². The molecule has 1 aromatic heterocycles. The minimum absolute atomic E-state index is 0.0895. The first kappa shape index (κ1) is 16.4. The lowest BCUT2D eigenvalue weighted by molar-refractivity contribution is -0.118. The Morgan fingerprint density at radius 2 is 1.86 bits per heavy atom. The topological polar surface area (TPSA) is 94.5 Å². The summed E-state index contributed by atoms with van der Waals surface area (Å²) in [7, 11) is -3.86. The Labute approximate surface area is 136 Å². The highest BCUT2D eigenvalue weighted by atomic mass is 79.9. The lowest BCUT2D eigenvalue weighted by Gasteiger charge is -2.06. The number of primary amides is 1. The minimum Gasteiger partial charge on any atom is -0.368 e. The maximum Gasteiger partial charge on any atom is 0.284 e. The highest BCUT2D eigenvalue weighted by Gasteiger charge is 2.12. The molecule has 0 saturated heterocycles. The van der Waals surface area contributed by atoms with E-state index >= 15 is 0 Å². The average Bonchev–Trinajstić information content (AvgIpc) is 2.41. The fourth-order valence-electron chi connectivity index (χ4n) is 1.77. The molecule has 0 atom stereocenters.